The number of nitrogens with zero attached hydrogens (tertiary/aromatic N) is 1. The smallest absolute Gasteiger partial charge is 0.468 e. The van der Waals surface area contributed by atoms with E-state index in [1.807, 2.05) is 47.6 Å². The number of methoxy groups -OCH3 is 1. The van der Waals surface area contributed by atoms with Gasteiger partial charge in [0, 0.05) is 25.1 Å². The van der Waals surface area contributed by atoms with Gasteiger partial charge in [-0.05, 0) is 40.7 Å². The molecule has 2 aromatic rings. The minimum atomic E-state index is -0.546. The maximum Gasteiger partial charge on any atom is 0.498 e. The lowest BCUT2D eigenvalue weighted by Crippen LogP contribution is -2.41. The Hall–Kier alpha value is -1.57. The van der Waals surface area contributed by atoms with Crippen LogP contribution < -0.4 is 10.2 Å². The first-order valence-corrected chi connectivity index (χ1v) is 8.04. The summed E-state index contributed by atoms with van der Waals surface area (Å²) in [7, 11) is 1.04. The number of rotatable bonds is 4. The van der Waals surface area contributed by atoms with E-state index in [1.165, 1.54) is 0 Å². The summed E-state index contributed by atoms with van der Waals surface area (Å²) in [5.41, 5.74) is 2.27. The van der Waals surface area contributed by atoms with Gasteiger partial charge in [0.05, 0.1) is 11.2 Å². The average Bonchev–Trinajstić information content (AvgIpc) is 2.94. The molecule has 0 spiro atoms. The lowest BCUT2D eigenvalue weighted by molar-refractivity contribution is 0.00578. The zero-order chi connectivity index (χ0) is 17.7. The van der Waals surface area contributed by atoms with Crippen LogP contribution in [0.3, 0.4) is 0 Å². The number of benzene rings is 1. The Bertz CT molecular complexity index is 752. The van der Waals surface area contributed by atoms with Gasteiger partial charge in [-0.3, -0.25) is 0 Å². The van der Waals surface area contributed by atoms with Gasteiger partial charge >= 0.3 is 7.12 Å². The SMILES string of the molecule is COCOc1c(B2OC(C)(C)C(C)(C)O2)cc2oc(C)nc2c1C. The molecular weight excluding hydrogens is 309 g/mol. The quantitative estimate of drug-likeness (QED) is 0.633. The first kappa shape index (κ1) is 17.3. The molecule has 24 heavy (non-hydrogen) atoms. The third kappa shape index (κ3) is 2.70. The van der Waals surface area contributed by atoms with Crippen LogP contribution in [0.1, 0.15) is 39.1 Å². The third-order valence-corrected chi connectivity index (χ3v) is 4.83. The summed E-state index contributed by atoms with van der Waals surface area (Å²) in [6.45, 7) is 12.0. The van der Waals surface area contributed by atoms with Crippen LogP contribution in [-0.4, -0.2) is 37.2 Å². The van der Waals surface area contributed by atoms with Gasteiger partial charge in [0.2, 0.25) is 0 Å². The van der Waals surface area contributed by atoms with Crippen molar-refractivity contribution in [1.82, 2.24) is 4.98 Å². The topological polar surface area (TPSA) is 63.0 Å². The number of oxazole rings is 1. The molecular formula is C17H24BNO5. The molecule has 0 bridgehead atoms. The molecule has 1 aromatic heterocycles. The summed E-state index contributed by atoms with van der Waals surface area (Å²) in [6, 6.07) is 1.88. The van der Waals surface area contributed by atoms with E-state index in [1.54, 1.807) is 7.11 Å². The summed E-state index contributed by atoms with van der Waals surface area (Å²) < 4.78 is 28.9. The fraction of sp³-hybridized carbons (Fsp3) is 0.588. The van der Waals surface area contributed by atoms with E-state index in [-0.39, 0.29) is 6.79 Å². The monoisotopic (exact) mass is 333 g/mol. The zero-order valence-electron chi connectivity index (χ0n) is 15.4. The van der Waals surface area contributed by atoms with Crippen molar-refractivity contribution < 1.29 is 23.2 Å². The third-order valence-electron chi connectivity index (χ3n) is 4.83. The van der Waals surface area contributed by atoms with Crippen molar-refractivity contribution in [2.45, 2.75) is 52.7 Å². The molecule has 0 aliphatic carbocycles. The van der Waals surface area contributed by atoms with Crippen LogP contribution in [0.2, 0.25) is 0 Å². The van der Waals surface area contributed by atoms with Gasteiger partial charge in [0.1, 0.15) is 11.3 Å². The lowest BCUT2D eigenvalue weighted by Gasteiger charge is -2.32. The highest BCUT2D eigenvalue weighted by Crippen LogP contribution is 2.38. The number of aromatic nitrogens is 1. The van der Waals surface area contributed by atoms with E-state index in [2.05, 4.69) is 4.98 Å². The van der Waals surface area contributed by atoms with E-state index in [9.17, 15) is 0 Å². The molecule has 1 saturated heterocycles. The highest BCUT2D eigenvalue weighted by molar-refractivity contribution is 6.63. The molecule has 130 valence electrons. The number of aryl methyl sites for hydroxylation is 2. The minimum absolute atomic E-state index is 0.135. The molecule has 6 nitrogen and oxygen atoms in total. The Kier molecular flexibility index (Phi) is 4.14. The van der Waals surface area contributed by atoms with Crippen LogP contribution in [-0.2, 0) is 14.0 Å². The van der Waals surface area contributed by atoms with Crippen molar-refractivity contribution in [3.05, 3.63) is 17.5 Å². The van der Waals surface area contributed by atoms with Crippen molar-refractivity contribution in [3.8, 4) is 5.75 Å². The largest absolute Gasteiger partial charge is 0.498 e. The molecule has 0 unspecified atom stereocenters. The molecule has 0 N–H and O–H groups in total. The van der Waals surface area contributed by atoms with Crippen molar-refractivity contribution in [2.24, 2.45) is 0 Å². The Morgan fingerprint density at radius 2 is 1.75 bits per heavy atom. The van der Waals surface area contributed by atoms with E-state index in [0.29, 0.717) is 17.2 Å². The van der Waals surface area contributed by atoms with Gasteiger partial charge in [-0.2, -0.15) is 0 Å². The fourth-order valence-corrected chi connectivity index (χ4v) is 2.79. The number of fused-ring (bicyclic) bond motifs is 1. The molecule has 1 aromatic carbocycles. The summed E-state index contributed by atoms with van der Waals surface area (Å²) in [6.07, 6.45) is 0. The van der Waals surface area contributed by atoms with Gasteiger partial charge in [-0.25, -0.2) is 4.98 Å². The summed E-state index contributed by atoms with van der Waals surface area (Å²) in [4.78, 5) is 4.44. The average molecular weight is 333 g/mol. The van der Waals surface area contributed by atoms with Crippen LogP contribution in [0.4, 0.5) is 0 Å². The zero-order valence-corrected chi connectivity index (χ0v) is 15.4. The predicted octanol–water partition coefficient (Wildman–Crippen LogP) is 2.73. The van der Waals surface area contributed by atoms with E-state index >= 15 is 0 Å². The molecule has 3 rings (SSSR count). The molecule has 1 aliphatic heterocycles. The van der Waals surface area contributed by atoms with Crippen LogP contribution >= 0.6 is 0 Å². The second-order valence-electron chi connectivity index (χ2n) is 7.14. The molecule has 0 radical (unpaired) electrons. The molecule has 7 heteroatoms. The van der Waals surface area contributed by atoms with Crippen molar-refractivity contribution in [3.63, 3.8) is 0 Å². The summed E-state index contributed by atoms with van der Waals surface area (Å²) in [5.74, 6) is 1.27. The van der Waals surface area contributed by atoms with E-state index in [4.69, 9.17) is 23.2 Å². The van der Waals surface area contributed by atoms with Gasteiger partial charge in [-0.1, -0.05) is 0 Å². The lowest BCUT2D eigenvalue weighted by atomic mass is 9.77. The maximum absolute atomic E-state index is 6.18. The van der Waals surface area contributed by atoms with Crippen molar-refractivity contribution in [1.29, 1.82) is 0 Å². The van der Waals surface area contributed by atoms with E-state index < -0.39 is 18.3 Å². The molecule has 2 heterocycles. The van der Waals surface area contributed by atoms with Crippen LogP contribution in [0, 0.1) is 13.8 Å². The Balaban J connectivity index is 2.12. The predicted molar refractivity (Wildman–Crippen MR) is 91.7 cm³/mol. The molecule has 1 fully saturated rings. The fourth-order valence-electron chi connectivity index (χ4n) is 2.79. The Morgan fingerprint density at radius 1 is 1.12 bits per heavy atom. The van der Waals surface area contributed by atoms with Crippen molar-refractivity contribution >= 4 is 23.7 Å². The Morgan fingerprint density at radius 3 is 2.33 bits per heavy atom. The number of hydrogen-bond donors (Lipinski definition) is 0. The van der Waals surface area contributed by atoms with Crippen LogP contribution in [0.5, 0.6) is 5.75 Å². The first-order valence-electron chi connectivity index (χ1n) is 8.04. The second kappa shape index (κ2) is 5.76. The second-order valence-corrected chi connectivity index (χ2v) is 7.14. The standard InChI is InChI=1S/C17H24BNO5/c1-10-14-13(22-11(2)19-14)8-12(15(10)21-9-20-7)18-23-16(3,4)17(5,6)24-18/h8H,9H2,1-7H3. The van der Waals surface area contributed by atoms with Gasteiger partial charge in [0.25, 0.3) is 0 Å². The molecule has 0 atom stereocenters. The maximum atomic E-state index is 6.18. The molecule has 1 aliphatic rings. The highest BCUT2D eigenvalue weighted by Gasteiger charge is 2.52. The summed E-state index contributed by atoms with van der Waals surface area (Å²) in [5, 5.41) is 0. The Labute approximate surface area is 142 Å². The number of hydrogen-bond acceptors (Lipinski definition) is 6. The van der Waals surface area contributed by atoms with Gasteiger partial charge < -0.3 is 23.2 Å². The van der Waals surface area contributed by atoms with Gasteiger partial charge in [-0.15, -0.1) is 0 Å². The van der Waals surface area contributed by atoms with E-state index in [0.717, 1.165) is 16.5 Å². The van der Waals surface area contributed by atoms with Crippen LogP contribution in [0.25, 0.3) is 11.1 Å². The molecule has 0 saturated carbocycles. The normalized spacial score (nSPS) is 19.2. The number of ether oxygens (including phenoxy) is 2. The van der Waals surface area contributed by atoms with Crippen LogP contribution in [0.15, 0.2) is 10.5 Å². The van der Waals surface area contributed by atoms with Gasteiger partial charge in [0.15, 0.2) is 18.3 Å². The van der Waals surface area contributed by atoms with Crippen molar-refractivity contribution in [2.75, 3.05) is 13.9 Å². The first-order chi connectivity index (χ1) is 11.2. The molecule has 0 amide bonds. The minimum Gasteiger partial charge on any atom is -0.468 e. The highest BCUT2D eigenvalue weighted by atomic mass is 16.7. The summed E-state index contributed by atoms with van der Waals surface area (Å²) >= 11 is 0.